The van der Waals surface area contributed by atoms with Crippen molar-refractivity contribution < 1.29 is 0 Å². The molecule has 0 saturated heterocycles. The Morgan fingerprint density at radius 1 is 0.524 bits per heavy atom. The van der Waals surface area contributed by atoms with Crippen LogP contribution in [0, 0.1) is 11.8 Å². The first kappa shape index (κ1) is 21.0. The van der Waals surface area contributed by atoms with Crippen molar-refractivity contribution in [2.24, 2.45) is 17.6 Å². The van der Waals surface area contributed by atoms with E-state index in [1.165, 1.54) is 89.9 Å². The molecule has 0 aliphatic carbocycles. The molecule has 0 spiro atoms. The third-order valence-corrected chi connectivity index (χ3v) is 5.00. The van der Waals surface area contributed by atoms with Crippen LogP contribution in [0.15, 0.2) is 0 Å². The van der Waals surface area contributed by atoms with Crippen LogP contribution in [-0.4, -0.2) is 6.54 Å². The van der Waals surface area contributed by atoms with Crippen LogP contribution in [0.1, 0.15) is 111 Å². The Bertz CT molecular complexity index is 182. The van der Waals surface area contributed by atoms with Crippen LogP contribution in [0.4, 0.5) is 0 Å². The first-order chi connectivity index (χ1) is 10.3. The topological polar surface area (TPSA) is 26.0 Å². The van der Waals surface area contributed by atoms with Gasteiger partial charge in [-0.1, -0.05) is 104 Å². The Labute approximate surface area is 135 Å². The van der Waals surface area contributed by atoms with Crippen LogP contribution in [0.5, 0.6) is 0 Å². The molecule has 0 amide bonds. The number of hydrogen-bond donors (Lipinski definition) is 1. The summed E-state index contributed by atoms with van der Waals surface area (Å²) in [5.74, 6) is 1.69. The Balaban J connectivity index is 3.88. The summed E-state index contributed by atoms with van der Waals surface area (Å²) in [6.07, 6.45) is 19.6. The quantitative estimate of drug-likeness (QED) is 0.315. The van der Waals surface area contributed by atoms with Crippen molar-refractivity contribution in [1.82, 2.24) is 0 Å². The minimum Gasteiger partial charge on any atom is -0.330 e. The maximum Gasteiger partial charge on any atom is -0.00462 e. The van der Waals surface area contributed by atoms with Gasteiger partial charge >= 0.3 is 0 Å². The molecular formula is C20H43N. The maximum absolute atomic E-state index is 6.10. The van der Waals surface area contributed by atoms with Gasteiger partial charge in [-0.05, 0) is 24.8 Å². The van der Waals surface area contributed by atoms with Gasteiger partial charge in [0.1, 0.15) is 0 Å². The molecule has 21 heavy (non-hydrogen) atoms. The van der Waals surface area contributed by atoms with Crippen molar-refractivity contribution in [2.45, 2.75) is 111 Å². The van der Waals surface area contributed by atoms with Gasteiger partial charge in [-0.2, -0.15) is 0 Å². The van der Waals surface area contributed by atoms with E-state index in [9.17, 15) is 0 Å². The van der Waals surface area contributed by atoms with E-state index in [4.69, 9.17) is 5.73 Å². The normalized spacial score (nSPS) is 13.0. The minimum atomic E-state index is 0.791. The summed E-state index contributed by atoms with van der Waals surface area (Å²) in [5, 5.41) is 0. The molecule has 0 aliphatic heterocycles. The molecule has 0 fully saturated rings. The maximum atomic E-state index is 6.10. The summed E-state index contributed by atoms with van der Waals surface area (Å²) in [7, 11) is 0. The highest BCUT2D eigenvalue weighted by atomic mass is 14.6. The van der Waals surface area contributed by atoms with Crippen molar-refractivity contribution in [3.63, 3.8) is 0 Å². The summed E-state index contributed by atoms with van der Waals surface area (Å²) in [6, 6.07) is 0. The second kappa shape index (κ2) is 16.3. The van der Waals surface area contributed by atoms with Gasteiger partial charge < -0.3 is 5.73 Å². The zero-order valence-electron chi connectivity index (χ0n) is 15.3. The van der Waals surface area contributed by atoms with E-state index in [2.05, 4.69) is 20.8 Å². The van der Waals surface area contributed by atoms with Crippen molar-refractivity contribution >= 4 is 0 Å². The molecule has 0 aromatic carbocycles. The van der Waals surface area contributed by atoms with Crippen LogP contribution in [-0.2, 0) is 0 Å². The molecule has 1 unspecified atom stereocenters. The van der Waals surface area contributed by atoms with Crippen LogP contribution in [0.2, 0.25) is 0 Å². The molecule has 2 N–H and O–H groups in total. The molecule has 1 atom stereocenters. The smallest absolute Gasteiger partial charge is 0.00462 e. The second-order valence-electron chi connectivity index (χ2n) is 6.95. The summed E-state index contributed by atoms with van der Waals surface area (Å²) < 4.78 is 0. The van der Waals surface area contributed by atoms with Gasteiger partial charge in [-0.3, -0.25) is 0 Å². The predicted octanol–water partition coefficient (Wildman–Crippen LogP) is 6.70. The second-order valence-corrected chi connectivity index (χ2v) is 6.95. The lowest BCUT2D eigenvalue weighted by molar-refractivity contribution is 0.265. The molecule has 1 nitrogen and oxygen atoms in total. The lowest BCUT2D eigenvalue weighted by Crippen LogP contribution is -2.24. The summed E-state index contributed by atoms with van der Waals surface area (Å²) in [5.41, 5.74) is 6.10. The highest BCUT2D eigenvalue weighted by Gasteiger charge is 2.18. The Morgan fingerprint density at radius 3 is 1.43 bits per heavy atom. The SMILES string of the molecule is CCCCCCCCCC(CN)C(CCCC)CCCC. The lowest BCUT2D eigenvalue weighted by atomic mass is 9.81. The zero-order chi connectivity index (χ0) is 15.8. The van der Waals surface area contributed by atoms with Gasteiger partial charge in [-0.15, -0.1) is 0 Å². The molecule has 0 aliphatic rings. The van der Waals surface area contributed by atoms with E-state index in [0.29, 0.717) is 0 Å². The molecule has 0 heterocycles. The number of hydrogen-bond acceptors (Lipinski definition) is 1. The fourth-order valence-corrected chi connectivity index (χ4v) is 3.46. The monoisotopic (exact) mass is 297 g/mol. The van der Waals surface area contributed by atoms with Crippen LogP contribution < -0.4 is 5.73 Å². The molecule has 0 rings (SSSR count). The van der Waals surface area contributed by atoms with Gasteiger partial charge in [0, 0.05) is 0 Å². The van der Waals surface area contributed by atoms with E-state index in [1.807, 2.05) is 0 Å². The fraction of sp³-hybridized carbons (Fsp3) is 1.00. The first-order valence-electron chi connectivity index (χ1n) is 10.00. The van der Waals surface area contributed by atoms with Crippen molar-refractivity contribution in [2.75, 3.05) is 6.54 Å². The van der Waals surface area contributed by atoms with Crippen LogP contribution in [0.25, 0.3) is 0 Å². The van der Waals surface area contributed by atoms with Crippen molar-refractivity contribution in [3.8, 4) is 0 Å². The van der Waals surface area contributed by atoms with Crippen molar-refractivity contribution in [3.05, 3.63) is 0 Å². The Hall–Kier alpha value is -0.0400. The van der Waals surface area contributed by atoms with E-state index >= 15 is 0 Å². The molecule has 0 radical (unpaired) electrons. The van der Waals surface area contributed by atoms with Gasteiger partial charge in [-0.25, -0.2) is 0 Å². The standard InChI is InChI=1S/C20H43N/c1-4-7-10-11-12-13-14-17-20(18-21)19(15-8-5-2)16-9-6-3/h19-20H,4-18,21H2,1-3H3. The number of unbranched alkanes of at least 4 members (excludes halogenated alkanes) is 8. The molecule has 0 aromatic heterocycles. The average Bonchev–Trinajstić information content (AvgIpc) is 2.51. The summed E-state index contributed by atoms with van der Waals surface area (Å²) in [6.45, 7) is 7.82. The summed E-state index contributed by atoms with van der Waals surface area (Å²) >= 11 is 0. The van der Waals surface area contributed by atoms with E-state index < -0.39 is 0 Å². The van der Waals surface area contributed by atoms with Gasteiger partial charge in [0.2, 0.25) is 0 Å². The number of rotatable bonds is 16. The minimum absolute atomic E-state index is 0.791. The van der Waals surface area contributed by atoms with Crippen molar-refractivity contribution in [1.29, 1.82) is 0 Å². The molecule has 1 heteroatoms. The Kier molecular flexibility index (Phi) is 16.3. The number of nitrogens with two attached hydrogens (primary N) is 1. The van der Waals surface area contributed by atoms with Crippen LogP contribution >= 0.6 is 0 Å². The third-order valence-electron chi connectivity index (χ3n) is 5.00. The summed E-state index contributed by atoms with van der Waals surface area (Å²) in [4.78, 5) is 0. The fourth-order valence-electron chi connectivity index (χ4n) is 3.46. The van der Waals surface area contributed by atoms with Gasteiger partial charge in [0.05, 0.1) is 0 Å². The zero-order valence-corrected chi connectivity index (χ0v) is 15.3. The van der Waals surface area contributed by atoms with Gasteiger partial charge in [0.25, 0.3) is 0 Å². The molecule has 0 bridgehead atoms. The highest BCUT2D eigenvalue weighted by Crippen LogP contribution is 2.28. The van der Waals surface area contributed by atoms with E-state index in [-0.39, 0.29) is 0 Å². The van der Waals surface area contributed by atoms with Crippen LogP contribution in [0.3, 0.4) is 0 Å². The molecule has 128 valence electrons. The van der Waals surface area contributed by atoms with E-state index in [1.54, 1.807) is 0 Å². The first-order valence-corrected chi connectivity index (χ1v) is 10.00. The molecule has 0 saturated carbocycles. The average molecular weight is 298 g/mol. The predicted molar refractivity (Wildman–Crippen MR) is 97.7 cm³/mol. The van der Waals surface area contributed by atoms with Gasteiger partial charge in [0.15, 0.2) is 0 Å². The van der Waals surface area contributed by atoms with E-state index in [0.717, 1.165) is 18.4 Å². The molecule has 0 aromatic rings. The Morgan fingerprint density at radius 2 is 0.952 bits per heavy atom. The largest absolute Gasteiger partial charge is 0.330 e. The highest BCUT2D eigenvalue weighted by molar-refractivity contribution is 4.72. The third kappa shape index (κ3) is 12.2. The molecular weight excluding hydrogens is 254 g/mol. The lowest BCUT2D eigenvalue weighted by Gasteiger charge is -2.26.